The summed E-state index contributed by atoms with van der Waals surface area (Å²) in [5.41, 5.74) is 7.08. The van der Waals surface area contributed by atoms with Gasteiger partial charge in [-0.3, -0.25) is 4.79 Å². The molecule has 14 heavy (non-hydrogen) atoms. The van der Waals surface area contributed by atoms with Crippen LogP contribution >= 0.6 is 0 Å². The molecule has 0 aromatic rings. The zero-order valence-corrected chi connectivity index (χ0v) is 9.25. The van der Waals surface area contributed by atoms with Crippen molar-refractivity contribution in [2.45, 2.75) is 52.0 Å². The predicted molar refractivity (Wildman–Crippen MR) is 59.0 cm³/mol. The molecule has 0 amide bonds. The second kappa shape index (κ2) is 5.30. The number of hydrogen-bond acceptors (Lipinski definition) is 2. The van der Waals surface area contributed by atoms with Crippen LogP contribution in [-0.2, 0) is 4.79 Å². The fraction of sp³-hybridized carbons (Fsp3) is 0.750. The Labute approximate surface area is 86.6 Å². The molecule has 2 nitrogen and oxygen atoms in total. The van der Waals surface area contributed by atoms with Crippen molar-refractivity contribution < 1.29 is 4.79 Å². The molecule has 0 heterocycles. The second-order valence-corrected chi connectivity index (χ2v) is 4.53. The lowest BCUT2D eigenvalue weighted by atomic mass is 9.90. The van der Waals surface area contributed by atoms with Crippen LogP contribution in [0, 0.1) is 5.92 Å². The Morgan fingerprint density at radius 1 is 1.21 bits per heavy atom. The molecule has 1 aliphatic carbocycles. The molecule has 2 unspecified atom stereocenters. The van der Waals surface area contributed by atoms with Gasteiger partial charge >= 0.3 is 0 Å². The second-order valence-electron chi connectivity index (χ2n) is 4.53. The highest BCUT2D eigenvalue weighted by Crippen LogP contribution is 2.23. The van der Waals surface area contributed by atoms with Gasteiger partial charge in [0.05, 0.1) is 0 Å². The molecule has 1 rings (SSSR count). The number of carbonyl (C=O) groups excluding carboxylic acids is 1. The maximum absolute atomic E-state index is 11.8. The fourth-order valence-corrected chi connectivity index (χ4v) is 2.08. The number of ketones is 1. The van der Waals surface area contributed by atoms with Gasteiger partial charge in [-0.05, 0) is 32.8 Å². The molecule has 1 aliphatic rings. The summed E-state index contributed by atoms with van der Waals surface area (Å²) in [7, 11) is 0. The van der Waals surface area contributed by atoms with Gasteiger partial charge in [-0.1, -0.05) is 24.8 Å². The normalized spacial score (nSPS) is 27.9. The maximum Gasteiger partial charge on any atom is 0.160 e. The van der Waals surface area contributed by atoms with Crippen LogP contribution < -0.4 is 5.73 Å². The van der Waals surface area contributed by atoms with E-state index in [1.807, 2.05) is 13.8 Å². The molecule has 2 atom stereocenters. The third kappa shape index (κ3) is 3.26. The van der Waals surface area contributed by atoms with E-state index in [4.69, 9.17) is 5.73 Å². The van der Waals surface area contributed by atoms with Crippen LogP contribution in [0.2, 0.25) is 0 Å². The Hall–Kier alpha value is -0.630. The number of nitrogens with two attached hydrogens (primary N) is 1. The van der Waals surface area contributed by atoms with Crippen molar-refractivity contribution in [1.82, 2.24) is 0 Å². The molecule has 80 valence electrons. The molecule has 0 aliphatic heterocycles. The summed E-state index contributed by atoms with van der Waals surface area (Å²) < 4.78 is 0. The van der Waals surface area contributed by atoms with E-state index in [9.17, 15) is 4.79 Å². The zero-order valence-electron chi connectivity index (χ0n) is 9.25. The quantitative estimate of drug-likeness (QED) is 0.543. The molecule has 0 aromatic carbocycles. The summed E-state index contributed by atoms with van der Waals surface area (Å²) >= 11 is 0. The van der Waals surface area contributed by atoms with Crippen LogP contribution in [0.25, 0.3) is 0 Å². The van der Waals surface area contributed by atoms with Gasteiger partial charge in [0.2, 0.25) is 0 Å². The Bertz CT molecular complexity index is 228. The molecule has 2 heteroatoms. The summed E-state index contributed by atoms with van der Waals surface area (Å²) in [6.07, 6.45) is 7.29. The summed E-state index contributed by atoms with van der Waals surface area (Å²) in [5.74, 6) is 0.312. The fourth-order valence-electron chi connectivity index (χ4n) is 2.08. The first kappa shape index (κ1) is 11.4. The molecule has 2 N–H and O–H groups in total. The lowest BCUT2D eigenvalue weighted by Crippen LogP contribution is -2.33. The van der Waals surface area contributed by atoms with Crippen LogP contribution in [0.1, 0.15) is 46.0 Å². The first-order valence-corrected chi connectivity index (χ1v) is 5.55. The van der Waals surface area contributed by atoms with Crippen molar-refractivity contribution >= 4 is 5.78 Å². The molecule has 1 saturated carbocycles. The lowest BCUT2D eigenvalue weighted by Gasteiger charge is -2.18. The van der Waals surface area contributed by atoms with E-state index < -0.39 is 0 Å². The van der Waals surface area contributed by atoms with Gasteiger partial charge in [-0.25, -0.2) is 0 Å². The highest BCUT2D eigenvalue weighted by atomic mass is 16.1. The van der Waals surface area contributed by atoms with E-state index in [0.717, 1.165) is 24.8 Å². The van der Waals surface area contributed by atoms with Crippen molar-refractivity contribution in [3.63, 3.8) is 0 Å². The highest BCUT2D eigenvalue weighted by Gasteiger charge is 2.25. The minimum atomic E-state index is 0.0763. The summed E-state index contributed by atoms with van der Waals surface area (Å²) in [5, 5.41) is 0. The largest absolute Gasteiger partial charge is 0.327 e. The first-order valence-electron chi connectivity index (χ1n) is 5.55. The van der Waals surface area contributed by atoms with Crippen molar-refractivity contribution in [1.29, 1.82) is 0 Å². The highest BCUT2D eigenvalue weighted by molar-refractivity contribution is 5.92. The topological polar surface area (TPSA) is 43.1 Å². The van der Waals surface area contributed by atoms with Gasteiger partial charge in [-0.15, -0.1) is 0 Å². The standard InChI is InChI=1S/C12H21NO/c1-9(2)8-12(14)10-6-4-3-5-7-11(10)13/h8,10-11H,3-7,13H2,1-2H3. The van der Waals surface area contributed by atoms with E-state index in [1.54, 1.807) is 6.08 Å². The van der Waals surface area contributed by atoms with Crippen molar-refractivity contribution in [3.8, 4) is 0 Å². The minimum Gasteiger partial charge on any atom is -0.327 e. The Morgan fingerprint density at radius 2 is 1.86 bits per heavy atom. The van der Waals surface area contributed by atoms with E-state index in [2.05, 4.69) is 0 Å². The molecule has 0 bridgehead atoms. The van der Waals surface area contributed by atoms with E-state index in [-0.39, 0.29) is 17.7 Å². The Balaban J connectivity index is 2.63. The third-order valence-corrected chi connectivity index (χ3v) is 2.87. The summed E-state index contributed by atoms with van der Waals surface area (Å²) in [6.45, 7) is 3.92. The van der Waals surface area contributed by atoms with Crippen LogP contribution in [0.5, 0.6) is 0 Å². The molecular formula is C12H21NO. The monoisotopic (exact) mass is 195 g/mol. The lowest BCUT2D eigenvalue weighted by molar-refractivity contribution is -0.119. The average Bonchev–Trinajstić information content (AvgIpc) is 2.28. The van der Waals surface area contributed by atoms with Crippen molar-refractivity contribution in [2.75, 3.05) is 0 Å². The Kier molecular flexibility index (Phi) is 4.33. The predicted octanol–water partition coefficient (Wildman–Crippen LogP) is 2.43. The first-order chi connectivity index (χ1) is 6.61. The molecule has 0 saturated heterocycles. The third-order valence-electron chi connectivity index (χ3n) is 2.87. The van der Waals surface area contributed by atoms with Gasteiger partial charge in [0.1, 0.15) is 0 Å². The summed E-state index contributed by atoms with van der Waals surface area (Å²) in [4.78, 5) is 11.8. The molecule has 0 aromatic heterocycles. The average molecular weight is 195 g/mol. The van der Waals surface area contributed by atoms with E-state index >= 15 is 0 Å². The van der Waals surface area contributed by atoms with Crippen molar-refractivity contribution in [3.05, 3.63) is 11.6 Å². The van der Waals surface area contributed by atoms with Crippen LogP contribution in [-0.4, -0.2) is 11.8 Å². The van der Waals surface area contributed by atoms with Crippen LogP contribution in [0.4, 0.5) is 0 Å². The summed E-state index contributed by atoms with van der Waals surface area (Å²) in [6, 6.07) is 0.0839. The molecule has 0 radical (unpaired) electrons. The van der Waals surface area contributed by atoms with Gasteiger partial charge < -0.3 is 5.73 Å². The van der Waals surface area contributed by atoms with E-state index in [1.165, 1.54) is 12.8 Å². The molecule has 0 spiro atoms. The van der Waals surface area contributed by atoms with Crippen molar-refractivity contribution in [2.24, 2.45) is 11.7 Å². The molecule has 1 fully saturated rings. The molecular weight excluding hydrogens is 174 g/mol. The van der Waals surface area contributed by atoms with Gasteiger partial charge in [0.25, 0.3) is 0 Å². The van der Waals surface area contributed by atoms with Gasteiger partial charge in [0, 0.05) is 12.0 Å². The number of carbonyl (C=O) groups is 1. The number of allylic oxidation sites excluding steroid dienone is 2. The van der Waals surface area contributed by atoms with Gasteiger partial charge in [0.15, 0.2) is 5.78 Å². The SMILES string of the molecule is CC(C)=CC(=O)C1CCCCCC1N. The number of rotatable bonds is 2. The number of hydrogen-bond donors (Lipinski definition) is 1. The minimum absolute atomic E-state index is 0.0763. The zero-order chi connectivity index (χ0) is 10.6. The van der Waals surface area contributed by atoms with E-state index in [0.29, 0.717) is 0 Å². The maximum atomic E-state index is 11.8. The van der Waals surface area contributed by atoms with Crippen LogP contribution in [0.3, 0.4) is 0 Å². The van der Waals surface area contributed by atoms with Crippen LogP contribution in [0.15, 0.2) is 11.6 Å². The van der Waals surface area contributed by atoms with Gasteiger partial charge in [-0.2, -0.15) is 0 Å². The smallest absolute Gasteiger partial charge is 0.160 e. The Morgan fingerprint density at radius 3 is 2.50 bits per heavy atom.